The highest BCUT2D eigenvalue weighted by atomic mass is 35.5. The Morgan fingerprint density at radius 1 is 1.30 bits per heavy atom. The molecule has 0 saturated heterocycles. The first-order valence-corrected chi connectivity index (χ1v) is 8.52. The van der Waals surface area contributed by atoms with E-state index >= 15 is 0 Å². The van der Waals surface area contributed by atoms with Gasteiger partial charge in [-0.1, -0.05) is 11.6 Å². The highest BCUT2D eigenvalue weighted by molar-refractivity contribution is 6.32. The summed E-state index contributed by atoms with van der Waals surface area (Å²) in [4.78, 5) is 12.0. The van der Waals surface area contributed by atoms with Gasteiger partial charge in [0.1, 0.15) is 13.2 Å². The molecule has 0 atom stereocenters. The second-order valence-corrected chi connectivity index (χ2v) is 6.41. The maximum atomic E-state index is 12.0. The molecule has 1 aliphatic heterocycles. The van der Waals surface area contributed by atoms with Crippen LogP contribution in [0.2, 0.25) is 5.02 Å². The molecule has 6 heteroatoms. The van der Waals surface area contributed by atoms with E-state index in [-0.39, 0.29) is 12.3 Å². The Morgan fingerprint density at radius 3 is 2.96 bits per heavy atom. The lowest BCUT2D eigenvalue weighted by Crippen LogP contribution is -2.27. The van der Waals surface area contributed by atoms with Gasteiger partial charge in [-0.2, -0.15) is 0 Å². The van der Waals surface area contributed by atoms with Crippen LogP contribution < -0.4 is 14.8 Å². The standard InChI is InChI=1S/C17H22ClNO4/c18-14-8-13(9-15-17(14)23-7-6-22-15)10-16(20)19-4-1-5-21-11-12-2-3-12/h8-9,12H,1-7,10-11H2,(H,19,20). The molecule has 1 amide bonds. The zero-order chi connectivity index (χ0) is 16.1. The molecule has 126 valence electrons. The Morgan fingerprint density at radius 2 is 2.13 bits per heavy atom. The SMILES string of the molecule is O=C(Cc1cc(Cl)c2c(c1)OCCO2)NCCCOCC1CC1. The van der Waals surface area contributed by atoms with Crippen molar-refractivity contribution >= 4 is 17.5 Å². The van der Waals surface area contributed by atoms with E-state index in [0.29, 0.717) is 42.9 Å². The van der Waals surface area contributed by atoms with E-state index in [2.05, 4.69) is 5.32 Å². The monoisotopic (exact) mass is 339 g/mol. The number of hydrogen-bond donors (Lipinski definition) is 1. The molecule has 5 nitrogen and oxygen atoms in total. The van der Waals surface area contributed by atoms with Crippen molar-refractivity contribution < 1.29 is 19.0 Å². The highest BCUT2D eigenvalue weighted by Crippen LogP contribution is 2.38. The number of nitrogens with one attached hydrogen (secondary N) is 1. The number of rotatable bonds is 8. The van der Waals surface area contributed by atoms with Crippen molar-refractivity contribution in [2.75, 3.05) is 33.0 Å². The molecular weight excluding hydrogens is 318 g/mol. The molecule has 0 unspecified atom stereocenters. The molecule has 1 saturated carbocycles. The number of ether oxygens (including phenoxy) is 3. The number of carbonyl (C=O) groups excluding carboxylic acids is 1. The third kappa shape index (κ3) is 5.01. The van der Waals surface area contributed by atoms with Crippen LogP contribution in [0.4, 0.5) is 0 Å². The van der Waals surface area contributed by atoms with E-state index < -0.39 is 0 Å². The molecule has 1 N–H and O–H groups in total. The number of hydrogen-bond acceptors (Lipinski definition) is 4. The number of amides is 1. The van der Waals surface area contributed by atoms with Crippen molar-refractivity contribution in [3.8, 4) is 11.5 Å². The van der Waals surface area contributed by atoms with Crippen LogP contribution in [-0.2, 0) is 16.0 Å². The second kappa shape index (κ2) is 7.88. The topological polar surface area (TPSA) is 56.8 Å². The van der Waals surface area contributed by atoms with Gasteiger partial charge in [0.25, 0.3) is 0 Å². The van der Waals surface area contributed by atoms with Gasteiger partial charge in [-0.15, -0.1) is 0 Å². The quantitative estimate of drug-likeness (QED) is 0.740. The fraction of sp³-hybridized carbons (Fsp3) is 0.588. The smallest absolute Gasteiger partial charge is 0.224 e. The first-order chi connectivity index (χ1) is 11.2. The molecule has 0 radical (unpaired) electrons. The average molecular weight is 340 g/mol. The van der Waals surface area contributed by atoms with E-state index in [4.69, 9.17) is 25.8 Å². The lowest BCUT2D eigenvalue weighted by molar-refractivity contribution is -0.120. The highest BCUT2D eigenvalue weighted by Gasteiger charge is 2.21. The van der Waals surface area contributed by atoms with Gasteiger partial charge in [0.05, 0.1) is 11.4 Å². The molecule has 23 heavy (non-hydrogen) atoms. The molecule has 0 spiro atoms. The Bertz CT molecular complexity index is 560. The Kier molecular flexibility index (Phi) is 5.62. The summed E-state index contributed by atoms with van der Waals surface area (Å²) in [5, 5.41) is 3.39. The first kappa shape index (κ1) is 16.4. The van der Waals surface area contributed by atoms with Crippen LogP contribution in [0.3, 0.4) is 0 Å². The minimum Gasteiger partial charge on any atom is -0.486 e. The van der Waals surface area contributed by atoms with E-state index in [1.807, 2.05) is 6.07 Å². The lowest BCUT2D eigenvalue weighted by Gasteiger charge is -2.20. The first-order valence-electron chi connectivity index (χ1n) is 8.15. The predicted octanol–water partition coefficient (Wildman–Crippen LogP) is 2.59. The molecule has 1 aromatic rings. The summed E-state index contributed by atoms with van der Waals surface area (Å²) >= 11 is 6.17. The molecule has 1 heterocycles. The Balaban J connectivity index is 1.39. The zero-order valence-corrected chi connectivity index (χ0v) is 13.9. The zero-order valence-electron chi connectivity index (χ0n) is 13.1. The molecule has 0 bridgehead atoms. The van der Waals surface area contributed by atoms with Gasteiger partial charge < -0.3 is 19.5 Å². The minimum absolute atomic E-state index is 0.0278. The molecular formula is C17H22ClNO4. The van der Waals surface area contributed by atoms with Gasteiger partial charge in [-0.25, -0.2) is 0 Å². The molecule has 1 aromatic carbocycles. The normalized spacial score (nSPS) is 16.2. The maximum Gasteiger partial charge on any atom is 0.224 e. The molecule has 2 aliphatic rings. The summed E-state index contributed by atoms with van der Waals surface area (Å²) in [7, 11) is 0. The lowest BCUT2D eigenvalue weighted by atomic mass is 10.1. The average Bonchev–Trinajstić information content (AvgIpc) is 3.35. The van der Waals surface area contributed by atoms with Crippen molar-refractivity contribution in [2.45, 2.75) is 25.7 Å². The number of benzene rings is 1. The van der Waals surface area contributed by atoms with Crippen LogP contribution in [-0.4, -0.2) is 38.9 Å². The van der Waals surface area contributed by atoms with E-state index in [1.165, 1.54) is 12.8 Å². The van der Waals surface area contributed by atoms with E-state index in [0.717, 1.165) is 24.5 Å². The number of halogens is 1. The van der Waals surface area contributed by atoms with Crippen molar-refractivity contribution in [2.24, 2.45) is 5.92 Å². The largest absolute Gasteiger partial charge is 0.486 e. The van der Waals surface area contributed by atoms with Crippen LogP contribution in [0.25, 0.3) is 0 Å². The molecule has 1 aliphatic carbocycles. The summed E-state index contributed by atoms with van der Waals surface area (Å²) in [6.07, 6.45) is 3.71. The van der Waals surface area contributed by atoms with Crippen LogP contribution >= 0.6 is 11.6 Å². The van der Waals surface area contributed by atoms with Gasteiger partial charge >= 0.3 is 0 Å². The van der Waals surface area contributed by atoms with Crippen LogP contribution in [0, 0.1) is 5.92 Å². The van der Waals surface area contributed by atoms with Gasteiger partial charge in [0.15, 0.2) is 11.5 Å². The van der Waals surface area contributed by atoms with Crippen LogP contribution in [0.1, 0.15) is 24.8 Å². The van der Waals surface area contributed by atoms with Crippen molar-refractivity contribution in [1.29, 1.82) is 0 Å². The van der Waals surface area contributed by atoms with Gasteiger partial charge in [-0.05, 0) is 42.9 Å². The van der Waals surface area contributed by atoms with Gasteiger partial charge in [-0.3, -0.25) is 4.79 Å². The molecule has 1 fully saturated rings. The predicted molar refractivity (Wildman–Crippen MR) is 87.3 cm³/mol. The minimum atomic E-state index is -0.0278. The second-order valence-electron chi connectivity index (χ2n) is 6.00. The van der Waals surface area contributed by atoms with Crippen LogP contribution in [0.5, 0.6) is 11.5 Å². The van der Waals surface area contributed by atoms with Crippen LogP contribution in [0.15, 0.2) is 12.1 Å². The number of carbonyl (C=O) groups is 1. The van der Waals surface area contributed by atoms with Crippen molar-refractivity contribution in [3.63, 3.8) is 0 Å². The number of fused-ring (bicyclic) bond motifs is 1. The van der Waals surface area contributed by atoms with E-state index in [1.54, 1.807) is 6.07 Å². The summed E-state index contributed by atoms with van der Waals surface area (Å²) in [6.45, 7) is 3.19. The Hall–Kier alpha value is -1.46. The van der Waals surface area contributed by atoms with Gasteiger partial charge in [0, 0.05) is 19.8 Å². The molecule has 0 aromatic heterocycles. The third-order valence-corrected chi connectivity index (χ3v) is 4.14. The van der Waals surface area contributed by atoms with Crippen molar-refractivity contribution in [1.82, 2.24) is 5.32 Å². The Labute approximate surface area is 141 Å². The summed E-state index contributed by atoms with van der Waals surface area (Å²) in [6, 6.07) is 3.58. The van der Waals surface area contributed by atoms with E-state index in [9.17, 15) is 4.79 Å². The fourth-order valence-electron chi connectivity index (χ4n) is 2.45. The fourth-order valence-corrected chi connectivity index (χ4v) is 2.74. The summed E-state index contributed by atoms with van der Waals surface area (Å²) in [5.74, 6) is 1.93. The van der Waals surface area contributed by atoms with Crippen molar-refractivity contribution in [3.05, 3.63) is 22.7 Å². The summed E-state index contributed by atoms with van der Waals surface area (Å²) < 4.78 is 16.5. The van der Waals surface area contributed by atoms with Gasteiger partial charge in [0.2, 0.25) is 5.91 Å². The third-order valence-electron chi connectivity index (χ3n) is 3.86. The summed E-state index contributed by atoms with van der Waals surface area (Å²) in [5.41, 5.74) is 0.821. The maximum absolute atomic E-state index is 12.0. The molecule has 3 rings (SSSR count).